The zero-order valence-corrected chi connectivity index (χ0v) is 13.7. The summed E-state index contributed by atoms with van der Waals surface area (Å²) in [5.41, 5.74) is 0.583. The smallest absolute Gasteiger partial charge is 0.416 e. The van der Waals surface area contributed by atoms with E-state index in [2.05, 4.69) is 10.6 Å². The summed E-state index contributed by atoms with van der Waals surface area (Å²) in [5.74, 6) is -0.176. The van der Waals surface area contributed by atoms with E-state index in [0.29, 0.717) is 22.7 Å². The highest BCUT2D eigenvalue weighted by atomic mass is 19.4. The fraction of sp³-hybridized carbons (Fsp3) is 0.222. The molecule has 0 spiro atoms. The number of benzene rings is 2. The number of amides is 2. The molecule has 0 aromatic heterocycles. The highest BCUT2D eigenvalue weighted by Gasteiger charge is 2.30. The number of carbonyl (C=O) groups excluding carboxylic acids is 2. The zero-order valence-electron chi connectivity index (χ0n) is 13.7. The molecule has 2 N–H and O–H groups in total. The Labute approximate surface area is 147 Å². The molecule has 2 amide bonds. The lowest BCUT2D eigenvalue weighted by Crippen LogP contribution is -2.34. The van der Waals surface area contributed by atoms with Crippen LogP contribution in [0.25, 0.3) is 0 Å². The lowest BCUT2D eigenvalue weighted by atomic mass is 10.1. The molecule has 1 unspecified atom stereocenters. The second-order valence-electron chi connectivity index (χ2n) is 5.88. The summed E-state index contributed by atoms with van der Waals surface area (Å²) in [4.78, 5) is 23.7. The number of hydrogen-bond donors (Lipinski definition) is 2. The van der Waals surface area contributed by atoms with Gasteiger partial charge >= 0.3 is 6.18 Å². The van der Waals surface area contributed by atoms with Crippen LogP contribution in [0.1, 0.15) is 18.1 Å². The van der Waals surface area contributed by atoms with Gasteiger partial charge in [-0.3, -0.25) is 9.59 Å². The van der Waals surface area contributed by atoms with Gasteiger partial charge in [0.1, 0.15) is 5.75 Å². The van der Waals surface area contributed by atoms with Crippen LogP contribution in [-0.2, 0) is 22.2 Å². The van der Waals surface area contributed by atoms with Gasteiger partial charge in [0.15, 0.2) is 6.10 Å². The molecule has 0 saturated carbocycles. The number of alkyl halides is 3. The molecular formula is C18H15F3N2O3. The van der Waals surface area contributed by atoms with E-state index in [1.807, 2.05) is 0 Å². The lowest BCUT2D eigenvalue weighted by molar-refractivity contribution is -0.137. The molecule has 2 aromatic rings. The van der Waals surface area contributed by atoms with Gasteiger partial charge in [0, 0.05) is 5.69 Å². The van der Waals surface area contributed by atoms with E-state index >= 15 is 0 Å². The molecule has 0 saturated heterocycles. The third-order valence-corrected chi connectivity index (χ3v) is 3.84. The van der Waals surface area contributed by atoms with Gasteiger partial charge in [-0.25, -0.2) is 0 Å². The van der Waals surface area contributed by atoms with Gasteiger partial charge in [-0.1, -0.05) is 12.1 Å². The van der Waals surface area contributed by atoms with Crippen molar-refractivity contribution in [3.63, 3.8) is 0 Å². The van der Waals surface area contributed by atoms with E-state index in [1.54, 1.807) is 25.1 Å². The van der Waals surface area contributed by atoms with Crippen LogP contribution < -0.4 is 15.4 Å². The highest BCUT2D eigenvalue weighted by Crippen LogP contribution is 2.32. The van der Waals surface area contributed by atoms with Crippen molar-refractivity contribution in [2.24, 2.45) is 0 Å². The van der Waals surface area contributed by atoms with Gasteiger partial charge in [0.25, 0.3) is 5.91 Å². The molecule has 1 heterocycles. The topological polar surface area (TPSA) is 67.4 Å². The van der Waals surface area contributed by atoms with Crippen LogP contribution in [0.5, 0.6) is 5.75 Å². The Balaban J connectivity index is 1.65. The van der Waals surface area contributed by atoms with Crippen molar-refractivity contribution in [3.8, 4) is 5.75 Å². The van der Waals surface area contributed by atoms with Crippen LogP contribution in [0.15, 0.2) is 42.5 Å². The van der Waals surface area contributed by atoms with Crippen molar-refractivity contribution in [3.05, 3.63) is 53.6 Å². The minimum Gasteiger partial charge on any atom is -0.479 e. The molecule has 8 heteroatoms. The van der Waals surface area contributed by atoms with Crippen LogP contribution in [0, 0.1) is 0 Å². The van der Waals surface area contributed by atoms with E-state index in [0.717, 1.165) is 12.1 Å². The first-order valence-electron chi connectivity index (χ1n) is 7.80. The van der Waals surface area contributed by atoms with Gasteiger partial charge in [-0.15, -0.1) is 0 Å². The van der Waals surface area contributed by atoms with Crippen molar-refractivity contribution in [1.82, 2.24) is 0 Å². The van der Waals surface area contributed by atoms with E-state index in [1.165, 1.54) is 12.1 Å². The Morgan fingerprint density at radius 2 is 1.88 bits per heavy atom. The van der Waals surface area contributed by atoms with Gasteiger partial charge in [-0.2, -0.15) is 13.2 Å². The zero-order chi connectivity index (χ0) is 18.9. The Bertz CT molecular complexity index is 848. The first-order chi connectivity index (χ1) is 12.2. The molecule has 0 fully saturated rings. The number of nitrogens with one attached hydrogen (secondary N) is 2. The van der Waals surface area contributed by atoms with Crippen LogP contribution in [-0.4, -0.2) is 17.9 Å². The molecule has 1 atom stereocenters. The molecule has 5 nitrogen and oxygen atoms in total. The van der Waals surface area contributed by atoms with Crippen molar-refractivity contribution in [2.45, 2.75) is 25.6 Å². The van der Waals surface area contributed by atoms with E-state index in [9.17, 15) is 22.8 Å². The number of halogens is 3. The maximum absolute atomic E-state index is 12.5. The van der Waals surface area contributed by atoms with Crippen LogP contribution in [0.4, 0.5) is 24.5 Å². The summed E-state index contributed by atoms with van der Waals surface area (Å²) in [5, 5.41) is 5.31. The maximum Gasteiger partial charge on any atom is 0.416 e. The van der Waals surface area contributed by atoms with Gasteiger partial charge in [0.2, 0.25) is 5.91 Å². The van der Waals surface area contributed by atoms with E-state index < -0.39 is 17.8 Å². The number of hydrogen-bond acceptors (Lipinski definition) is 3. The summed E-state index contributed by atoms with van der Waals surface area (Å²) in [6, 6.07) is 9.22. The second kappa shape index (κ2) is 6.70. The largest absolute Gasteiger partial charge is 0.479 e. The molecule has 2 aromatic carbocycles. The monoisotopic (exact) mass is 364 g/mol. The Morgan fingerprint density at radius 1 is 1.19 bits per heavy atom. The van der Waals surface area contributed by atoms with Crippen LogP contribution in [0.2, 0.25) is 0 Å². The fourth-order valence-electron chi connectivity index (χ4n) is 2.49. The minimum absolute atomic E-state index is 0.0743. The number of rotatable bonds is 3. The van der Waals surface area contributed by atoms with Crippen molar-refractivity contribution >= 4 is 23.2 Å². The molecule has 3 rings (SSSR count). The molecular weight excluding hydrogens is 349 g/mol. The summed E-state index contributed by atoms with van der Waals surface area (Å²) >= 11 is 0. The third-order valence-electron chi connectivity index (χ3n) is 3.84. The molecule has 0 radical (unpaired) electrons. The first kappa shape index (κ1) is 17.8. The number of anilines is 2. The minimum atomic E-state index is -4.41. The Hall–Kier alpha value is -3.03. The molecule has 0 aliphatic carbocycles. The summed E-state index contributed by atoms with van der Waals surface area (Å²) in [6.45, 7) is 1.62. The molecule has 136 valence electrons. The van der Waals surface area contributed by atoms with Gasteiger partial charge in [0.05, 0.1) is 17.7 Å². The van der Waals surface area contributed by atoms with Crippen molar-refractivity contribution < 1.29 is 27.5 Å². The molecule has 1 aliphatic rings. The average molecular weight is 364 g/mol. The SMILES string of the molecule is CC1Oc2ccc(NC(=O)Cc3ccc(C(F)(F)F)cc3)cc2NC1=O. The third kappa shape index (κ3) is 3.96. The van der Waals surface area contributed by atoms with Crippen LogP contribution >= 0.6 is 0 Å². The lowest BCUT2D eigenvalue weighted by Gasteiger charge is -2.23. The highest BCUT2D eigenvalue weighted by molar-refractivity contribution is 5.99. The summed E-state index contributed by atoms with van der Waals surface area (Å²) < 4.78 is 43.0. The average Bonchev–Trinajstić information content (AvgIpc) is 2.56. The van der Waals surface area contributed by atoms with E-state index in [4.69, 9.17) is 4.74 Å². The molecule has 0 bridgehead atoms. The van der Waals surface area contributed by atoms with Crippen LogP contribution in [0.3, 0.4) is 0 Å². The number of fused-ring (bicyclic) bond motifs is 1. The standard InChI is InChI=1S/C18H15F3N2O3/c1-10-17(25)23-14-9-13(6-7-15(14)26-10)22-16(24)8-11-2-4-12(5-3-11)18(19,20)21/h2-7,9-10H,8H2,1H3,(H,22,24)(H,23,25). The Morgan fingerprint density at radius 3 is 2.54 bits per heavy atom. The van der Waals surface area contributed by atoms with Gasteiger partial charge < -0.3 is 15.4 Å². The maximum atomic E-state index is 12.5. The number of carbonyl (C=O) groups is 2. The normalized spacial score (nSPS) is 16.3. The Kier molecular flexibility index (Phi) is 4.58. The van der Waals surface area contributed by atoms with Crippen molar-refractivity contribution in [1.29, 1.82) is 0 Å². The predicted octanol–water partition coefficient (Wildman–Crippen LogP) is 3.61. The van der Waals surface area contributed by atoms with Crippen molar-refractivity contribution in [2.75, 3.05) is 10.6 Å². The number of ether oxygens (including phenoxy) is 1. The quantitative estimate of drug-likeness (QED) is 0.874. The second-order valence-corrected chi connectivity index (χ2v) is 5.88. The predicted molar refractivity (Wildman–Crippen MR) is 88.9 cm³/mol. The molecule has 1 aliphatic heterocycles. The molecule has 26 heavy (non-hydrogen) atoms. The van der Waals surface area contributed by atoms with E-state index in [-0.39, 0.29) is 18.2 Å². The first-order valence-corrected chi connectivity index (χ1v) is 7.80. The van der Waals surface area contributed by atoms with Gasteiger partial charge in [-0.05, 0) is 42.8 Å². The fourth-order valence-corrected chi connectivity index (χ4v) is 2.49. The summed E-state index contributed by atoms with van der Waals surface area (Å²) in [6.07, 6.45) is -5.08. The summed E-state index contributed by atoms with van der Waals surface area (Å²) in [7, 11) is 0.